The van der Waals surface area contributed by atoms with Crippen molar-refractivity contribution >= 4 is 28.1 Å². The molecule has 3 rings (SSSR count). The standard InChI is InChI=1S/C24H19FO4S/c1-18-6-16-23(17-7-18)30(27,28)29-24-5-3-2-4-20(24)11-15-22(26)14-10-19-8-12-21(25)13-9-19/h2-17H,1H3/b14-10+,15-11+. The summed E-state index contributed by atoms with van der Waals surface area (Å²) in [7, 11) is -4.00. The van der Waals surface area contributed by atoms with Crippen LogP contribution in [0.5, 0.6) is 5.75 Å². The van der Waals surface area contributed by atoms with E-state index in [0.717, 1.165) is 5.56 Å². The Labute approximate surface area is 175 Å². The fourth-order valence-electron chi connectivity index (χ4n) is 2.55. The molecule has 6 heteroatoms. The minimum absolute atomic E-state index is 0.0465. The predicted octanol–water partition coefficient (Wildman–Crippen LogP) is 5.20. The highest BCUT2D eigenvalue weighted by Gasteiger charge is 2.17. The van der Waals surface area contributed by atoms with Crippen LogP contribution >= 0.6 is 0 Å². The number of para-hydroxylation sites is 1. The van der Waals surface area contributed by atoms with Gasteiger partial charge in [-0.3, -0.25) is 4.79 Å². The number of allylic oxidation sites excluding steroid dienone is 2. The SMILES string of the molecule is Cc1ccc(S(=O)(=O)Oc2ccccc2/C=C/C(=O)/C=C/c2ccc(F)cc2)cc1. The summed E-state index contributed by atoms with van der Waals surface area (Å²) in [6.07, 6.45) is 5.70. The van der Waals surface area contributed by atoms with Crippen molar-refractivity contribution in [2.45, 2.75) is 11.8 Å². The zero-order valence-electron chi connectivity index (χ0n) is 16.2. The van der Waals surface area contributed by atoms with Crippen LogP contribution in [0.15, 0.2) is 89.8 Å². The minimum atomic E-state index is -4.00. The molecule has 0 fully saturated rings. The number of benzene rings is 3. The third kappa shape index (κ3) is 5.75. The Morgan fingerprint density at radius 1 is 0.867 bits per heavy atom. The molecule has 0 amide bonds. The van der Waals surface area contributed by atoms with Crippen molar-refractivity contribution in [1.29, 1.82) is 0 Å². The molecule has 152 valence electrons. The maximum atomic E-state index is 12.9. The highest BCUT2D eigenvalue weighted by molar-refractivity contribution is 7.87. The van der Waals surface area contributed by atoms with Gasteiger partial charge in [0.15, 0.2) is 5.78 Å². The van der Waals surface area contributed by atoms with Crippen LogP contribution in [0.3, 0.4) is 0 Å². The van der Waals surface area contributed by atoms with E-state index in [0.29, 0.717) is 11.1 Å². The third-order valence-electron chi connectivity index (χ3n) is 4.17. The lowest BCUT2D eigenvalue weighted by molar-refractivity contribution is -0.110. The molecule has 0 aliphatic heterocycles. The van der Waals surface area contributed by atoms with Gasteiger partial charge >= 0.3 is 10.1 Å². The highest BCUT2D eigenvalue weighted by Crippen LogP contribution is 2.24. The summed E-state index contributed by atoms with van der Waals surface area (Å²) in [5, 5.41) is 0. The summed E-state index contributed by atoms with van der Waals surface area (Å²) in [5.74, 6) is -0.546. The summed E-state index contributed by atoms with van der Waals surface area (Å²) >= 11 is 0. The van der Waals surface area contributed by atoms with Gasteiger partial charge < -0.3 is 4.18 Å². The maximum Gasteiger partial charge on any atom is 0.339 e. The average Bonchev–Trinajstić information content (AvgIpc) is 2.73. The molecule has 0 atom stereocenters. The first kappa shape index (κ1) is 21.2. The van der Waals surface area contributed by atoms with Crippen molar-refractivity contribution in [3.8, 4) is 5.75 Å². The smallest absolute Gasteiger partial charge is 0.339 e. The molecule has 4 nitrogen and oxygen atoms in total. The van der Waals surface area contributed by atoms with Crippen molar-refractivity contribution in [2.75, 3.05) is 0 Å². The first-order valence-corrected chi connectivity index (χ1v) is 10.5. The van der Waals surface area contributed by atoms with E-state index in [-0.39, 0.29) is 22.2 Å². The number of hydrogen-bond acceptors (Lipinski definition) is 4. The molecule has 0 N–H and O–H groups in total. The molecule has 0 bridgehead atoms. The summed E-state index contributed by atoms with van der Waals surface area (Å²) < 4.78 is 43.3. The molecule has 0 aromatic heterocycles. The second-order valence-corrected chi connectivity index (χ2v) is 8.06. The normalized spacial score (nSPS) is 11.8. The van der Waals surface area contributed by atoms with Gasteiger partial charge in [0.1, 0.15) is 16.5 Å². The second-order valence-electron chi connectivity index (χ2n) is 6.51. The largest absolute Gasteiger partial charge is 0.378 e. The van der Waals surface area contributed by atoms with Crippen LogP contribution in [-0.4, -0.2) is 14.2 Å². The van der Waals surface area contributed by atoms with Crippen molar-refractivity contribution in [1.82, 2.24) is 0 Å². The van der Waals surface area contributed by atoms with Crippen LogP contribution in [0, 0.1) is 12.7 Å². The Morgan fingerprint density at radius 2 is 1.50 bits per heavy atom. The molecule has 0 radical (unpaired) electrons. The van der Waals surface area contributed by atoms with Gasteiger partial charge in [0.2, 0.25) is 0 Å². The molecule has 0 saturated heterocycles. The number of halogens is 1. The molecule has 0 aliphatic carbocycles. The number of carbonyl (C=O) groups excluding carboxylic acids is 1. The van der Waals surface area contributed by atoms with Gasteiger partial charge in [-0.1, -0.05) is 54.1 Å². The van der Waals surface area contributed by atoms with Gasteiger partial charge in [-0.15, -0.1) is 0 Å². The fraction of sp³-hybridized carbons (Fsp3) is 0.0417. The summed E-state index contributed by atoms with van der Waals surface area (Å²) in [4.78, 5) is 12.1. The molecule has 0 unspecified atom stereocenters. The van der Waals surface area contributed by atoms with Crippen molar-refractivity contribution < 1.29 is 21.8 Å². The summed E-state index contributed by atoms with van der Waals surface area (Å²) in [5.41, 5.74) is 2.06. The molecular formula is C24H19FO4S. The van der Waals surface area contributed by atoms with Crippen LogP contribution in [0.2, 0.25) is 0 Å². The lowest BCUT2D eigenvalue weighted by Crippen LogP contribution is -2.10. The molecule has 30 heavy (non-hydrogen) atoms. The number of aryl methyl sites for hydroxylation is 1. The van der Waals surface area contributed by atoms with E-state index in [1.165, 1.54) is 48.6 Å². The van der Waals surface area contributed by atoms with Crippen molar-refractivity contribution in [3.05, 3.63) is 107 Å². The van der Waals surface area contributed by atoms with Crippen LogP contribution in [-0.2, 0) is 14.9 Å². The van der Waals surface area contributed by atoms with E-state index in [1.807, 2.05) is 6.92 Å². The Balaban J connectivity index is 1.75. The quantitative estimate of drug-likeness (QED) is 0.388. The topological polar surface area (TPSA) is 60.4 Å². The lowest BCUT2D eigenvalue weighted by atomic mass is 10.1. The van der Waals surface area contributed by atoms with Crippen LogP contribution in [0.25, 0.3) is 12.2 Å². The maximum absolute atomic E-state index is 12.9. The van der Waals surface area contributed by atoms with Gasteiger partial charge in [-0.2, -0.15) is 8.42 Å². The van der Waals surface area contributed by atoms with Gasteiger partial charge in [-0.05, 0) is 61.0 Å². The molecule has 0 heterocycles. The molecular weight excluding hydrogens is 403 g/mol. The Morgan fingerprint density at radius 3 is 2.20 bits per heavy atom. The number of ketones is 1. The lowest BCUT2D eigenvalue weighted by Gasteiger charge is -2.09. The molecule has 0 aliphatic rings. The van der Waals surface area contributed by atoms with E-state index in [2.05, 4.69) is 0 Å². The zero-order chi connectivity index (χ0) is 21.6. The van der Waals surface area contributed by atoms with E-state index < -0.39 is 10.1 Å². The number of rotatable bonds is 7. The van der Waals surface area contributed by atoms with Gasteiger partial charge in [0.05, 0.1) is 0 Å². The fourth-order valence-corrected chi connectivity index (χ4v) is 3.50. The molecule has 3 aromatic rings. The Kier molecular flexibility index (Phi) is 6.59. The van der Waals surface area contributed by atoms with Crippen LogP contribution in [0.1, 0.15) is 16.7 Å². The van der Waals surface area contributed by atoms with Crippen molar-refractivity contribution in [3.63, 3.8) is 0 Å². The minimum Gasteiger partial charge on any atom is -0.378 e. The van der Waals surface area contributed by atoms with E-state index in [4.69, 9.17) is 4.18 Å². The number of carbonyl (C=O) groups is 1. The van der Waals surface area contributed by atoms with E-state index >= 15 is 0 Å². The summed E-state index contributed by atoms with van der Waals surface area (Å²) in [6.45, 7) is 1.86. The van der Waals surface area contributed by atoms with Crippen LogP contribution < -0.4 is 4.18 Å². The van der Waals surface area contributed by atoms with E-state index in [1.54, 1.807) is 48.5 Å². The van der Waals surface area contributed by atoms with Gasteiger partial charge in [-0.25, -0.2) is 4.39 Å². The molecule has 0 saturated carbocycles. The molecule has 0 spiro atoms. The monoisotopic (exact) mass is 422 g/mol. The first-order valence-electron chi connectivity index (χ1n) is 9.09. The Hall–Kier alpha value is -3.51. The third-order valence-corrected chi connectivity index (χ3v) is 5.41. The first-order chi connectivity index (χ1) is 14.3. The van der Waals surface area contributed by atoms with E-state index in [9.17, 15) is 17.6 Å². The highest BCUT2D eigenvalue weighted by atomic mass is 32.2. The number of hydrogen-bond donors (Lipinski definition) is 0. The van der Waals surface area contributed by atoms with Crippen molar-refractivity contribution in [2.24, 2.45) is 0 Å². The average molecular weight is 422 g/mol. The predicted molar refractivity (Wildman–Crippen MR) is 115 cm³/mol. The Bertz CT molecular complexity index is 1190. The van der Waals surface area contributed by atoms with Gasteiger partial charge in [0, 0.05) is 5.56 Å². The zero-order valence-corrected chi connectivity index (χ0v) is 17.0. The molecule has 3 aromatic carbocycles. The van der Waals surface area contributed by atoms with Crippen LogP contribution in [0.4, 0.5) is 4.39 Å². The van der Waals surface area contributed by atoms with Gasteiger partial charge in [0.25, 0.3) is 0 Å². The summed E-state index contributed by atoms with van der Waals surface area (Å²) in [6, 6.07) is 18.6. The second kappa shape index (κ2) is 9.33.